The van der Waals surface area contributed by atoms with Gasteiger partial charge < -0.3 is 20.5 Å². The lowest BCUT2D eigenvalue weighted by atomic mass is 10.0. The molecule has 136 valence electrons. The van der Waals surface area contributed by atoms with Crippen LogP contribution in [0.5, 0.6) is 0 Å². The van der Waals surface area contributed by atoms with Crippen molar-refractivity contribution in [3.8, 4) is 0 Å². The number of carbonyl (C=O) groups is 2. The topological polar surface area (TPSA) is 92.9 Å². The monoisotopic (exact) mass is 374 g/mol. The molecular formula is C10H13ClF6N2O4. The fraction of sp³-hybridized carbons (Fsp3) is 0.800. The quantitative estimate of drug-likeness (QED) is 0.585. The molecule has 0 saturated carbocycles. The Bertz CT molecular complexity index is 403. The number of ether oxygens (including phenoxy) is 1. The van der Waals surface area contributed by atoms with Gasteiger partial charge >= 0.3 is 23.9 Å². The van der Waals surface area contributed by atoms with Crippen molar-refractivity contribution in [3.05, 3.63) is 0 Å². The number of carboxylic acid groups (broad SMARTS) is 1. The van der Waals surface area contributed by atoms with Gasteiger partial charge in [-0.1, -0.05) is 0 Å². The first kappa shape index (κ1) is 21.6. The van der Waals surface area contributed by atoms with E-state index >= 15 is 0 Å². The highest BCUT2D eigenvalue weighted by Crippen LogP contribution is 2.35. The summed E-state index contributed by atoms with van der Waals surface area (Å²) in [5, 5.41) is 8.52. The molecule has 23 heavy (non-hydrogen) atoms. The molecule has 3 N–H and O–H groups in total. The van der Waals surface area contributed by atoms with Crippen molar-refractivity contribution < 1.29 is 45.8 Å². The van der Waals surface area contributed by atoms with E-state index in [1.165, 1.54) is 4.90 Å². The zero-order chi connectivity index (χ0) is 18.4. The first-order valence-electron chi connectivity index (χ1n) is 5.99. The number of amides is 1. The Kier molecular flexibility index (Phi) is 7.91. The summed E-state index contributed by atoms with van der Waals surface area (Å²) < 4.78 is 72.0. The summed E-state index contributed by atoms with van der Waals surface area (Å²) >= 11 is 4.22. The molecule has 6 nitrogen and oxygen atoms in total. The van der Waals surface area contributed by atoms with Crippen molar-refractivity contribution in [2.75, 3.05) is 13.1 Å². The van der Waals surface area contributed by atoms with Gasteiger partial charge in [0.1, 0.15) is 0 Å². The van der Waals surface area contributed by atoms with Crippen LogP contribution in [-0.4, -0.2) is 59.1 Å². The molecule has 0 spiro atoms. The van der Waals surface area contributed by atoms with Crippen molar-refractivity contribution in [2.45, 2.75) is 37.3 Å². The molecule has 1 fully saturated rings. The molecule has 1 rings (SSSR count). The summed E-state index contributed by atoms with van der Waals surface area (Å²) in [6.07, 6.45) is -14.7. The zero-order valence-corrected chi connectivity index (χ0v) is 12.1. The van der Waals surface area contributed by atoms with Gasteiger partial charge in [0.15, 0.2) is 0 Å². The molecule has 1 heterocycles. The van der Waals surface area contributed by atoms with Gasteiger partial charge in [-0.15, -0.1) is 0 Å². The third kappa shape index (κ3) is 7.59. The second-order valence-corrected chi connectivity index (χ2v) is 4.62. The average Bonchev–Trinajstić information content (AvgIpc) is 2.29. The summed E-state index contributed by atoms with van der Waals surface area (Å²) in [5.74, 6) is 0. The van der Waals surface area contributed by atoms with Crippen LogP contribution >= 0.6 is 11.6 Å². The third-order valence-electron chi connectivity index (χ3n) is 2.69. The number of carbonyl (C=O) groups excluding carboxylic acids is 1. The second kappa shape index (κ2) is 8.43. The Balaban J connectivity index is 0.000000433. The van der Waals surface area contributed by atoms with E-state index in [-0.39, 0.29) is 6.04 Å². The molecule has 0 radical (unpaired) electrons. The van der Waals surface area contributed by atoms with Crippen LogP contribution in [0.25, 0.3) is 0 Å². The minimum Gasteiger partial charge on any atom is -0.465 e. The lowest BCUT2D eigenvalue weighted by molar-refractivity contribution is -0.305. The molecule has 1 amide bonds. The molecule has 0 bridgehead atoms. The maximum Gasteiger partial charge on any atom is 0.434 e. The molecule has 1 atom stereocenters. The third-order valence-corrected chi connectivity index (χ3v) is 2.78. The minimum absolute atomic E-state index is 0.197. The van der Waals surface area contributed by atoms with Crippen LogP contribution in [-0.2, 0) is 4.74 Å². The molecule has 1 saturated heterocycles. The fourth-order valence-corrected chi connectivity index (χ4v) is 1.69. The predicted octanol–water partition coefficient (Wildman–Crippen LogP) is 2.94. The highest BCUT2D eigenvalue weighted by atomic mass is 35.5. The smallest absolute Gasteiger partial charge is 0.434 e. The maximum atomic E-state index is 11.5. The van der Waals surface area contributed by atoms with Crippen LogP contribution in [0.3, 0.4) is 0 Å². The van der Waals surface area contributed by atoms with Crippen LogP contribution in [0.4, 0.5) is 35.9 Å². The van der Waals surface area contributed by atoms with Crippen LogP contribution in [0.1, 0.15) is 12.8 Å². The van der Waals surface area contributed by atoms with Gasteiger partial charge in [0, 0.05) is 24.2 Å². The Labute approximate surface area is 131 Å². The summed E-state index contributed by atoms with van der Waals surface area (Å²) in [6.45, 7) is 1.26. The van der Waals surface area contributed by atoms with Crippen molar-refractivity contribution >= 4 is 23.1 Å². The summed E-state index contributed by atoms with van der Waals surface area (Å²) in [5.41, 5.74) is 3.11. The van der Waals surface area contributed by atoms with Gasteiger partial charge in [-0.05, 0) is 19.4 Å². The molecule has 0 aromatic rings. The van der Waals surface area contributed by atoms with Crippen LogP contribution < -0.4 is 5.73 Å². The fourth-order valence-electron chi connectivity index (χ4n) is 1.60. The van der Waals surface area contributed by atoms with Gasteiger partial charge in [-0.3, -0.25) is 0 Å². The predicted molar refractivity (Wildman–Crippen MR) is 65.0 cm³/mol. The van der Waals surface area contributed by atoms with Crippen LogP contribution in [0.15, 0.2) is 0 Å². The molecular weight excluding hydrogens is 362 g/mol. The number of hydrogen-bond donors (Lipinski definition) is 2. The first-order chi connectivity index (χ1) is 10.3. The Hall–Kier alpha value is -1.43. The summed E-state index contributed by atoms with van der Waals surface area (Å²) in [7, 11) is 0. The van der Waals surface area contributed by atoms with E-state index < -0.39 is 30.0 Å². The van der Waals surface area contributed by atoms with Crippen molar-refractivity contribution in [1.29, 1.82) is 0 Å². The molecule has 0 aliphatic carbocycles. The lowest BCUT2D eigenvalue weighted by Crippen LogP contribution is -2.51. The highest BCUT2D eigenvalue weighted by Gasteiger charge is 2.59. The number of nitrogens with two attached hydrogens (primary N) is 1. The number of likely N-dealkylation sites (tertiary alicyclic amines) is 1. The normalized spacial score (nSPS) is 18.0. The molecule has 0 aromatic carbocycles. The molecule has 1 aliphatic heterocycles. The van der Waals surface area contributed by atoms with E-state index in [1.54, 1.807) is 0 Å². The molecule has 1 unspecified atom stereocenters. The van der Waals surface area contributed by atoms with E-state index in [0.717, 1.165) is 12.8 Å². The number of nitrogens with zero attached hydrogens (tertiary/aromatic N) is 1. The summed E-state index contributed by atoms with van der Waals surface area (Å²) in [4.78, 5) is 21.5. The average molecular weight is 375 g/mol. The summed E-state index contributed by atoms with van der Waals surface area (Å²) in [6, 6.07) is 0.197. The zero-order valence-electron chi connectivity index (χ0n) is 11.3. The van der Waals surface area contributed by atoms with Crippen molar-refractivity contribution in [1.82, 2.24) is 4.90 Å². The van der Waals surface area contributed by atoms with Crippen molar-refractivity contribution in [2.24, 2.45) is 5.73 Å². The van der Waals surface area contributed by atoms with E-state index in [0.29, 0.717) is 13.1 Å². The van der Waals surface area contributed by atoms with Gasteiger partial charge in [0.2, 0.25) is 0 Å². The van der Waals surface area contributed by atoms with E-state index in [1.807, 2.05) is 0 Å². The Morgan fingerprint density at radius 2 is 1.74 bits per heavy atom. The number of hydrogen-bond acceptors (Lipinski definition) is 4. The Morgan fingerprint density at radius 1 is 1.26 bits per heavy atom. The number of halogens is 7. The standard InChI is InChI=1S/C6H12N2O2.C4HClF6O2/c7-3-1-5-2-4-8(5)6(9)10;5-2(12)13-1(3(6,7)8)4(9,10)11/h5H,1-4,7H2,(H,9,10);1H. The van der Waals surface area contributed by atoms with Crippen molar-refractivity contribution in [3.63, 3.8) is 0 Å². The lowest BCUT2D eigenvalue weighted by Gasteiger charge is -2.38. The molecule has 0 aromatic heterocycles. The van der Waals surface area contributed by atoms with Crippen LogP contribution in [0.2, 0.25) is 0 Å². The Morgan fingerprint density at radius 3 is 1.91 bits per heavy atom. The first-order valence-corrected chi connectivity index (χ1v) is 6.37. The minimum atomic E-state index is -5.72. The van der Waals surface area contributed by atoms with Crippen LogP contribution in [0, 0.1) is 0 Å². The van der Waals surface area contributed by atoms with Gasteiger partial charge in [0.25, 0.3) is 6.10 Å². The largest absolute Gasteiger partial charge is 0.465 e. The number of alkyl halides is 6. The highest BCUT2D eigenvalue weighted by molar-refractivity contribution is 6.61. The number of rotatable bonds is 3. The second-order valence-electron chi connectivity index (χ2n) is 4.31. The van der Waals surface area contributed by atoms with E-state index in [9.17, 15) is 35.9 Å². The molecule has 13 heteroatoms. The SMILES string of the molecule is NCCC1CCN1C(=O)O.O=C(Cl)OC(C(F)(F)F)C(F)(F)F. The molecule has 1 aliphatic rings. The maximum absolute atomic E-state index is 11.5. The van der Waals surface area contributed by atoms with Gasteiger partial charge in [-0.2, -0.15) is 26.3 Å². The van der Waals surface area contributed by atoms with Gasteiger partial charge in [-0.25, -0.2) is 9.59 Å². The van der Waals surface area contributed by atoms with Gasteiger partial charge in [0.05, 0.1) is 0 Å². The van der Waals surface area contributed by atoms with E-state index in [2.05, 4.69) is 16.3 Å². The van der Waals surface area contributed by atoms with E-state index in [4.69, 9.17) is 10.8 Å².